The third-order valence-corrected chi connectivity index (χ3v) is 3.81. The van der Waals surface area contributed by atoms with Crippen molar-refractivity contribution in [2.75, 3.05) is 33.1 Å². The maximum atomic E-state index is 12.3. The van der Waals surface area contributed by atoms with Crippen LogP contribution in [-0.2, 0) is 13.5 Å². The van der Waals surface area contributed by atoms with E-state index in [-0.39, 0.29) is 6.03 Å². The molecule has 0 aliphatic rings. The van der Waals surface area contributed by atoms with Crippen LogP contribution in [0.4, 0.5) is 10.5 Å². The van der Waals surface area contributed by atoms with Gasteiger partial charge in [-0.15, -0.1) is 0 Å². The number of hydrogen-bond acceptors (Lipinski definition) is 4. The second kappa shape index (κ2) is 8.24. The van der Waals surface area contributed by atoms with Gasteiger partial charge in [0.1, 0.15) is 17.3 Å². The molecule has 1 aromatic carbocycles. The lowest BCUT2D eigenvalue weighted by Crippen LogP contribution is -2.32. The lowest BCUT2D eigenvalue weighted by atomic mass is 10.2. The van der Waals surface area contributed by atoms with Gasteiger partial charge < -0.3 is 24.3 Å². The summed E-state index contributed by atoms with van der Waals surface area (Å²) >= 11 is 0. The SMILES string of the molecule is COc1ccc(OC)c(NC(=O)N(C)CCCc2nccn2C)c1. The van der Waals surface area contributed by atoms with Gasteiger partial charge in [0.15, 0.2) is 0 Å². The first-order valence-corrected chi connectivity index (χ1v) is 7.75. The maximum absolute atomic E-state index is 12.3. The van der Waals surface area contributed by atoms with Crippen LogP contribution in [0, 0.1) is 0 Å². The Hall–Kier alpha value is -2.70. The van der Waals surface area contributed by atoms with Crippen molar-refractivity contribution in [3.05, 3.63) is 36.4 Å². The van der Waals surface area contributed by atoms with Gasteiger partial charge in [-0.3, -0.25) is 0 Å². The summed E-state index contributed by atoms with van der Waals surface area (Å²) < 4.78 is 12.4. The van der Waals surface area contributed by atoms with Crippen LogP contribution in [0.25, 0.3) is 0 Å². The standard InChI is InChI=1S/C17H24N4O3/c1-20-11-9-18-16(20)6-5-10-21(2)17(22)19-14-12-13(23-3)7-8-15(14)24-4/h7-9,11-12H,5-6,10H2,1-4H3,(H,19,22). The number of anilines is 1. The lowest BCUT2D eigenvalue weighted by molar-refractivity contribution is 0.221. The summed E-state index contributed by atoms with van der Waals surface area (Å²) in [6.45, 7) is 0.630. The van der Waals surface area contributed by atoms with Crippen molar-refractivity contribution in [2.45, 2.75) is 12.8 Å². The zero-order valence-electron chi connectivity index (χ0n) is 14.6. The number of aromatic nitrogens is 2. The Morgan fingerprint density at radius 3 is 2.75 bits per heavy atom. The van der Waals surface area contributed by atoms with Crippen molar-refractivity contribution in [1.29, 1.82) is 0 Å². The minimum atomic E-state index is -0.193. The van der Waals surface area contributed by atoms with Gasteiger partial charge in [0.2, 0.25) is 0 Å². The molecule has 7 heteroatoms. The molecule has 2 amide bonds. The molecular formula is C17H24N4O3. The highest BCUT2D eigenvalue weighted by atomic mass is 16.5. The predicted molar refractivity (Wildman–Crippen MR) is 92.7 cm³/mol. The van der Waals surface area contributed by atoms with Crippen molar-refractivity contribution in [1.82, 2.24) is 14.5 Å². The van der Waals surface area contributed by atoms with Crippen LogP contribution in [0.2, 0.25) is 0 Å². The summed E-state index contributed by atoms with van der Waals surface area (Å²) in [5.41, 5.74) is 0.581. The molecule has 0 aliphatic heterocycles. The molecule has 2 rings (SSSR count). The molecule has 7 nitrogen and oxygen atoms in total. The van der Waals surface area contributed by atoms with Gasteiger partial charge in [0, 0.05) is 45.5 Å². The Bertz CT molecular complexity index is 684. The number of nitrogens with one attached hydrogen (secondary N) is 1. The van der Waals surface area contributed by atoms with Crippen LogP contribution in [-0.4, -0.2) is 48.3 Å². The van der Waals surface area contributed by atoms with Gasteiger partial charge in [-0.25, -0.2) is 9.78 Å². The number of carbonyl (C=O) groups excluding carboxylic acids is 1. The molecule has 0 spiro atoms. The van der Waals surface area contributed by atoms with E-state index in [1.807, 2.05) is 17.8 Å². The van der Waals surface area contributed by atoms with E-state index in [0.717, 1.165) is 18.7 Å². The number of amides is 2. The Kier molecular flexibility index (Phi) is 6.06. The fourth-order valence-electron chi connectivity index (χ4n) is 2.34. The molecule has 0 bridgehead atoms. The van der Waals surface area contributed by atoms with Crippen molar-refractivity contribution in [3.63, 3.8) is 0 Å². The summed E-state index contributed by atoms with van der Waals surface area (Å²) in [6, 6.07) is 5.08. The van der Waals surface area contributed by atoms with E-state index < -0.39 is 0 Å². The van der Waals surface area contributed by atoms with Crippen molar-refractivity contribution >= 4 is 11.7 Å². The molecule has 0 unspecified atom stereocenters. The smallest absolute Gasteiger partial charge is 0.321 e. The molecule has 0 aliphatic carbocycles. The van der Waals surface area contributed by atoms with Crippen molar-refractivity contribution < 1.29 is 14.3 Å². The van der Waals surface area contributed by atoms with Crippen LogP contribution < -0.4 is 14.8 Å². The molecule has 1 N–H and O–H groups in total. The summed E-state index contributed by atoms with van der Waals surface area (Å²) in [5, 5.41) is 2.85. The van der Waals surface area contributed by atoms with Gasteiger partial charge in [-0.05, 0) is 18.6 Å². The molecule has 2 aromatic rings. The van der Waals surface area contributed by atoms with Crippen LogP contribution in [0.5, 0.6) is 11.5 Å². The average Bonchev–Trinajstić information content (AvgIpc) is 2.99. The molecule has 130 valence electrons. The third-order valence-electron chi connectivity index (χ3n) is 3.81. The molecule has 0 saturated carbocycles. The molecule has 0 saturated heterocycles. The van der Waals surface area contributed by atoms with E-state index in [9.17, 15) is 4.79 Å². The summed E-state index contributed by atoms with van der Waals surface area (Å²) in [4.78, 5) is 18.3. The van der Waals surface area contributed by atoms with Crippen molar-refractivity contribution in [3.8, 4) is 11.5 Å². The van der Waals surface area contributed by atoms with E-state index in [2.05, 4.69) is 10.3 Å². The fraction of sp³-hybridized carbons (Fsp3) is 0.412. The number of carbonyl (C=O) groups is 1. The summed E-state index contributed by atoms with van der Waals surface area (Å²) in [7, 11) is 6.87. The Labute approximate surface area is 142 Å². The summed E-state index contributed by atoms with van der Waals surface area (Å²) in [6.07, 6.45) is 5.36. The highest BCUT2D eigenvalue weighted by molar-refractivity contribution is 5.91. The minimum Gasteiger partial charge on any atom is -0.497 e. The van der Waals surface area contributed by atoms with Gasteiger partial charge in [0.25, 0.3) is 0 Å². The first-order chi connectivity index (χ1) is 11.5. The van der Waals surface area contributed by atoms with Gasteiger partial charge >= 0.3 is 6.03 Å². The molecule has 24 heavy (non-hydrogen) atoms. The molecule has 1 aromatic heterocycles. The number of imidazole rings is 1. The quantitative estimate of drug-likeness (QED) is 0.846. The van der Waals surface area contributed by atoms with Crippen molar-refractivity contribution in [2.24, 2.45) is 7.05 Å². The maximum Gasteiger partial charge on any atom is 0.321 e. The molecule has 1 heterocycles. The van der Waals surface area contributed by atoms with E-state index in [1.54, 1.807) is 50.6 Å². The monoisotopic (exact) mass is 332 g/mol. The van der Waals surface area contributed by atoms with Crippen LogP contribution >= 0.6 is 0 Å². The zero-order chi connectivity index (χ0) is 17.5. The molecule has 0 atom stereocenters. The number of aryl methyl sites for hydroxylation is 2. The zero-order valence-corrected chi connectivity index (χ0v) is 14.6. The highest BCUT2D eigenvalue weighted by Crippen LogP contribution is 2.29. The van der Waals surface area contributed by atoms with E-state index in [4.69, 9.17) is 9.47 Å². The number of methoxy groups -OCH3 is 2. The van der Waals surface area contributed by atoms with Gasteiger partial charge in [-0.2, -0.15) is 0 Å². The molecular weight excluding hydrogens is 308 g/mol. The van der Waals surface area contributed by atoms with Crippen LogP contribution in [0.15, 0.2) is 30.6 Å². The number of benzene rings is 1. The number of ether oxygens (including phenoxy) is 2. The number of urea groups is 1. The highest BCUT2D eigenvalue weighted by Gasteiger charge is 2.13. The first-order valence-electron chi connectivity index (χ1n) is 7.75. The first kappa shape index (κ1) is 17.7. The Morgan fingerprint density at radius 2 is 2.12 bits per heavy atom. The predicted octanol–water partition coefficient (Wildman–Crippen LogP) is 2.53. The molecule has 0 fully saturated rings. The van der Waals surface area contributed by atoms with E-state index in [1.165, 1.54) is 0 Å². The van der Waals surface area contributed by atoms with E-state index in [0.29, 0.717) is 23.7 Å². The second-order valence-electron chi connectivity index (χ2n) is 5.48. The Balaban J connectivity index is 1.90. The fourth-order valence-corrected chi connectivity index (χ4v) is 2.34. The average molecular weight is 332 g/mol. The minimum absolute atomic E-state index is 0.193. The van der Waals surface area contributed by atoms with Crippen LogP contribution in [0.3, 0.4) is 0 Å². The van der Waals surface area contributed by atoms with E-state index >= 15 is 0 Å². The van der Waals surface area contributed by atoms with Gasteiger partial charge in [0.05, 0.1) is 19.9 Å². The Morgan fingerprint density at radius 1 is 1.33 bits per heavy atom. The van der Waals surface area contributed by atoms with Crippen LogP contribution in [0.1, 0.15) is 12.2 Å². The second-order valence-corrected chi connectivity index (χ2v) is 5.48. The van der Waals surface area contributed by atoms with Gasteiger partial charge in [-0.1, -0.05) is 0 Å². The third kappa shape index (κ3) is 4.41. The number of hydrogen-bond donors (Lipinski definition) is 1. The lowest BCUT2D eigenvalue weighted by Gasteiger charge is -2.19. The number of rotatable bonds is 7. The number of nitrogens with zero attached hydrogens (tertiary/aromatic N) is 3. The molecule has 0 radical (unpaired) electrons. The summed E-state index contributed by atoms with van der Waals surface area (Å²) in [5.74, 6) is 2.26. The topological polar surface area (TPSA) is 68.6 Å². The largest absolute Gasteiger partial charge is 0.497 e. The normalized spacial score (nSPS) is 10.3.